The predicted molar refractivity (Wildman–Crippen MR) is 47.6 cm³/mol. The number of carbonyl (C=O) groups is 1. The van der Waals surface area contributed by atoms with Crippen molar-refractivity contribution < 1.29 is 14.6 Å². The van der Waals surface area contributed by atoms with Gasteiger partial charge in [0.25, 0.3) is 11.6 Å². The molecule has 14 heavy (non-hydrogen) atoms. The molecule has 1 amide bonds. The minimum absolute atomic E-state index is 0.131. The summed E-state index contributed by atoms with van der Waals surface area (Å²) in [4.78, 5) is 25.4. The van der Waals surface area contributed by atoms with Gasteiger partial charge in [-0.3, -0.25) is 19.7 Å². The van der Waals surface area contributed by atoms with Gasteiger partial charge in [-0.2, -0.15) is 0 Å². The molecule has 1 aromatic carbocycles. The van der Waals surface area contributed by atoms with Gasteiger partial charge < -0.3 is 0 Å². The zero-order valence-corrected chi connectivity index (χ0v) is 7.39. The van der Waals surface area contributed by atoms with Crippen LogP contribution in [0.1, 0.15) is 10.4 Å². The van der Waals surface area contributed by atoms with Crippen LogP contribution in [0.15, 0.2) is 24.3 Å². The number of nitro benzene ring substituents is 1. The van der Waals surface area contributed by atoms with Gasteiger partial charge in [0, 0.05) is 17.7 Å². The third-order valence-corrected chi connectivity index (χ3v) is 1.51. The fourth-order valence-electron chi connectivity index (χ4n) is 0.912. The second-order valence-corrected chi connectivity index (χ2v) is 2.44. The summed E-state index contributed by atoms with van der Waals surface area (Å²) < 4.78 is 0. The van der Waals surface area contributed by atoms with Gasteiger partial charge in [-0.15, -0.1) is 0 Å². The fourth-order valence-corrected chi connectivity index (χ4v) is 0.912. The highest BCUT2D eigenvalue weighted by Crippen LogP contribution is 2.12. The highest BCUT2D eigenvalue weighted by Gasteiger charge is 2.10. The molecule has 74 valence electrons. The number of hydrogen-bond acceptors (Lipinski definition) is 4. The monoisotopic (exact) mass is 196 g/mol. The van der Waals surface area contributed by atoms with Crippen molar-refractivity contribution >= 4 is 11.6 Å². The third-order valence-electron chi connectivity index (χ3n) is 1.51. The van der Waals surface area contributed by atoms with Crippen LogP contribution in [0, 0.1) is 10.1 Å². The molecular weight excluding hydrogens is 188 g/mol. The van der Waals surface area contributed by atoms with Crippen molar-refractivity contribution in [2.75, 3.05) is 7.11 Å². The molecule has 0 fully saturated rings. The van der Waals surface area contributed by atoms with Gasteiger partial charge in [0.1, 0.15) is 0 Å². The van der Waals surface area contributed by atoms with Crippen molar-refractivity contribution in [3.8, 4) is 0 Å². The van der Waals surface area contributed by atoms with E-state index < -0.39 is 10.8 Å². The van der Waals surface area contributed by atoms with E-state index in [1.165, 1.54) is 31.4 Å². The minimum atomic E-state index is -0.566. The summed E-state index contributed by atoms with van der Waals surface area (Å²) >= 11 is 0. The van der Waals surface area contributed by atoms with Crippen LogP contribution < -0.4 is 5.48 Å². The molecule has 0 aliphatic heterocycles. The average molecular weight is 196 g/mol. The highest BCUT2D eigenvalue weighted by molar-refractivity contribution is 5.94. The molecule has 1 aromatic rings. The van der Waals surface area contributed by atoms with Crippen LogP contribution in [0.2, 0.25) is 0 Å². The highest BCUT2D eigenvalue weighted by atomic mass is 16.6. The Kier molecular flexibility index (Phi) is 3.14. The second kappa shape index (κ2) is 4.33. The van der Waals surface area contributed by atoms with E-state index in [0.29, 0.717) is 0 Å². The number of hydrogen-bond donors (Lipinski definition) is 1. The lowest BCUT2D eigenvalue weighted by Gasteiger charge is -2.00. The number of rotatable bonds is 3. The Morgan fingerprint density at radius 1 is 1.57 bits per heavy atom. The number of non-ortho nitro benzene ring substituents is 1. The van der Waals surface area contributed by atoms with Crippen LogP contribution in [-0.2, 0) is 4.84 Å². The van der Waals surface area contributed by atoms with Crippen LogP contribution >= 0.6 is 0 Å². The number of nitrogens with zero attached hydrogens (tertiary/aromatic N) is 1. The minimum Gasteiger partial charge on any atom is -0.277 e. The molecule has 0 saturated carbocycles. The second-order valence-electron chi connectivity index (χ2n) is 2.44. The molecule has 0 spiro atoms. The molecule has 0 radical (unpaired) electrons. The van der Waals surface area contributed by atoms with E-state index in [1.807, 2.05) is 0 Å². The van der Waals surface area contributed by atoms with Gasteiger partial charge in [0.15, 0.2) is 0 Å². The van der Waals surface area contributed by atoms with Gasteiger partial charge >= 0.3 is 0 Å². The van der Waals surface area contributed by atoms with Crippen molar-refractivity contribution in [3.05, 3.63) is 39.9 Å². The van der Waals surface area contributed by atoms with Crippen molar-refractivity contribution in [1.82, 2.24) is 5.48 Å². The Balaban J connectivity index is 2.93. The van der Waals surface area contributed by atoms with Crippen molar-refractivity contribution in [3.63, 3.8) is 0 Å². The number of benzene rings is 1. The van der Waals surface area contributed by atoms with Crippen molar-refractivity contribution in [1.29, 1.82) is 0 Å². The summed E-state index contributed by atoms with van der Waals surface area (Å²) in [5, 5.41) is 10.4. The molecule has 1 rings (SSSR count). The number of nitrogens with one attached hydrogen (secondary N) is 1. The summed E-state index contributed by atoms with van der Waals surface area (Å²) in [6, 6.07) is 5.38. The van der Waals surface area contributed by atoms with E-state index >= 15 is 0 Å². The van der Waals surface area contributed by atoms with Crippen molar-refractivity contribution in [2.45, 2.75) is 0 Å². The number of amides is 1. The predicted octanol–water partition coefficient (Wildman–Crippen LogP) is 0.886. The quantitative estimate of drug-likeness (QED) is 0.574. The molecular formula is C8H8N2O4. The summed E-state index contributed by atoms with van der Waals surface area (Å²) in [5.41, 5.74) is 2.12. The first-order valence-electron chi connectivity index (χ1n) is 3.73. The molecule has 0 saturated heterocycles. The summed E-state index contributed by atoms with van der Waals surface area (Å²) in [6.07, 6.45) is 0. The van der Waals surface area contributed by atoms with Gasteiger partial charge in [0.2, 0.25) is 0 Å². The molecule has 0 aliphatic rings. The third kappa shape index (κ3) is 2.27. The summed E-state index contributed by atoms with van der Waals surface area (Å²) in [5.74, 6) is -0.517. The topological polar surface area (TPSA) is 81.5 Å². The molecule has 6 heteroatoms. The molecule has 6 nitrogen and oxygen atoms in total. The molecule has 0 aromatic heterocycles. The lowest BCUT2D eigenvalue weighted by molar-refractivity contribution is -0.384. The number of carbonyl (C=O) groups excluding carboxylic acids is 1. The van der Waals surface area contributed by atoms with Crippen LogP contribution in [-0.4, -0.2) is 17.9 Å². The molecule has 0 bridgehead atoms. The fraction of sp³-hybridized carbons (Fsp3) is 0.125. The summed E-state index contributed by atoms with van der Waals surface area (Å²) in [6.45, 7) is 0. The van der Waals surface area contributed by atoms with Crippen LogP contribution in [0.4, 0.5) is 5.69 Å². The first-order chi connectivity index (χ1) is 6.65. The normalized spacial score (nSPS) is 9.50. The maximum absolute atomic E-state index is 11.2. The Labute approximate surface area is 79.6 Å². The van der Waals surface area contributed by atoms with Gasteiger partial charge in [-0.25, -0.2) is 5.48 Å². The lowest BCUT2D eigenvalue weighted by atomic mass is 10.2. The zero-order valence-electron chi connectivity index (χ0n) is 7.39. The van der Waals surface area contributed by atoms with E-state index in [4.69, 9.17) is 0 Å². The maximum atomic E-state index is 11.2. The molecule has 0 unspecified atom stereocenters. The average Bonchev–Trinajstić information content (AvgIpc) is 2.18. The standard InChI is InChI=1S/C8H8N2O4/c1-14-9-8(11)6-3-2-4-7(5-6)10(12)13/h2-5H,1H3,(H,9,11). The first-order valence-corrected chi connectivity index (χ1v) is 3.73. The molecule has 0 aliphatic carbocycles. The van der Waals surface area contributed by atoms with E-state index in [9.17, 15) is 14.9 Å². The Hall–Kier alpha value is -1.95. The largest absolute Gasteiger partial charge is 0.277 e. The smallest absolute Gasteiger partial charge is 0.275 e. The van der Waals surface area contributed by atoms with Crippen molar-refractivity contribution in [2.24, 2.45) is 0 Å². The molecule has 1 N–H and O–H groups in total. The van der Waals surface area contributed by atoms with Crippen LogP contribution in [0.5, 0.6) is 0 Å². The summed E-state index contributed by atoms with van der Waals surface area (Å²) in [7, 11) is 1.29. The van der Waals surface area contributed by atoms with E-state index in [1.54, 1.807) is 0 Å². The van der Waals surface area contributed by atoms with Crippen LogP contribution in [0.25, 0.3) is 0 Å². The number of nitro groups is 1. The van der Waals surface area contributed by atoms with E-state index in [-0.39, 0.29) is 11.3 Å². The Bertz CT molecular complexity index is 364. The van der Waals surface area contributed by atoms with Gasteiger partial charge in [-0.1, -0.05) is 6.07 Å². The molecule has 0 heterocycles. The van der Waals surface area contributed by atoms with E-state index in [0.717, 1.165) is 0 Å². The van der Waals surface area contributed by atoms with Crippen LogP contribution in [0.3, 0.4) is 0 Å². The Morgan fingerprint density at radius 2 is 2.29 bits per heavy atom. The van der Waals surface area contributed by atoms with Gasteiger partial charge in [-0.05, 0) is 6.07 Å². The maximum Gasteiger partial charge on any atom is 0.275 e. The lowest BCUT2D eigenvalue weighted by Crippen LogP contribution is -2.21. The Morgan fingerprint density at radius 3 is 2.86 bits per heavy atom. The van der Waals surface area contributed by atoms with E-state index in [2.05, 4.69) is 10.3 Å². The van der Waals surface area contributed by atoms with Gasteiger partial charge in [0.05, 0.1) is 12.0 Å². The SMILES string of the molecule is CONC(=O)c1cccc([N+](=O)[O-])c1. The molecule has 0 atom stereocenters. The number of hydroxylamine groups is 1. The zero-order chi connectivity index (χ0) is 10.6. The first kappa shape index (κ1) is 10.1.